The summed E-state index contributed by atoms with van der Waals surface area (Å²) >= 11 is 0. The second-order valence-electron chi connectivity index (χ2n) is 12.1. The van der Waals surface area contributed by atoms with Crippen LogP contribution in [0, 0.1) is 46.3 Å². The normalized spacial score (nSPS) is 50.8. The Hall–Kier alpha value is -0.740. The summed E-state index contributed by atoms with van der Waals surface area (Å²) in [4.78, 5) is 12.3. The van der Waals surface area contributed by atoms with Crippen LogP contribution < -0.4 is 5.32 Å². The van der Waals surface area contributed by atoms with Gasteiger partial charge in [0.1, 0.15) is 0 Å². The lowest BCUT2D eigenvalue weighted by molar-refractivity contribution is -0.207. The van der Waals surface area contributed by atoms with Crippen molar-refractivity contribution in [2.24, 2.45) is 46.3 Å². The summed E-state index contributed by atoms with van der Waals surface area (Å²) in [5.74, 6) is -1.99. The van der Waals surface area contributed by atoms with Gasteiger partial charge in [-0.3, -0.25) is 9.35 Å². The van der Waals surface area contributed by atoms with Gasteiger partial charge in [-0.25, -0.2) is 0 Å². The molecule has 0 aromatic rings. The second kappa shape index (κ2) is 9.86. The molecule has 0 aliphatic heterocycles. The molecule has 0 spiro atoms. The average Bonchev–Trinajstić information content (AvgIpc) is 3.16. The Morgan fingerprint density at radius 2 is 1.89 bits per heavy atom. The molecule has 202 valence electrons. The lowest BCUT2D eigenvalue weighted by Gasteiger charge is -2.63. The van der Waals surface area contributed by atoms with Crippen LogP contribution in [0.5, 0.6) is 0 Å². The van der Waals surface area contributed by atoms with E-state index in [-0.39, 0.29) is 61.3 Å². The van der Waals surface area contributed by atoms with Gasteiger partial charge in [-0.1, -0.05) is 20.8 Å². The summed E-state index contributed by atoms with van der Waals surface area (Å²) in [6.07, 6.45) is -4.95. The molecule has 5 N–H and O–H groups in total. The van der Waals surface area contributed by atoms with Crippen LogP contribution in [-0.4, -0.2) is 64.8 Å². The van der Waals surface area contributed by atoms with E-state index in [1.807, 2.05) is 13.8 Å². The van der Waals surface area contributed by atoms with Gasteiger partial charge in [0.05, 0.1) is 24.1 Å². The number of nitrogens with one attached hydrogen (secondary N) is 1. The number of fused-ring (bicyclic) bond motifs is 5. The number of carbonyl (C=O) groups is 1. The molecule has 0 aromatic heterocycles. The molecule has 0 heterocycles. The monoisotopic (exact) mass is 519 g/mol. The third-order valence-electron chi connectivity index (χ3n) is 10.3. The van der Waals surface area contributed by atoms with Crippen LogP contribution in [0.15, 0.2) is 0 Å². The molecule has 0 radical (unpaired) electrons. The SMILES string of the molecule is [2H]C1([2H])C[C@]2(C)C3C[C@H](O)[C@@]4(C)C(CCC4[C@H](C)CCC(=O)NCCS(=O)(=O)O)C3C(O)CC2C([2H])([2H])[C@H]1O. The Morgan fingerprint density at radius 3 is 2.57 bits per heavy atom. The van der Waals surface area contributed by atoms with Crippen LogP contribution in [0.4, 0.5) is 0 Å². The molecule has 11 atom stereocenters. The van der Waals surface area contributed by atoms with Crippen molar-refractivity contribution in [3.63, 3.8) is 0 Å². The predicted molar refractivity (Wildman–Crippen MR) is 132 cm³/mol. The molecule has 4 aliphatic carbocycles. The first-order valence-electron chi connectivity index (χ1n) is 15.0. The van der Waals surface area contributed by atoms with E-state index >= 15 is 0 Å². The Morgan fingerprint density at radius 1 is 1.17 bits per heavy atom. The maximum atomic E-state index is 12.3. The smallest absolute Gasteiger partial charge is 0.266 e. The summed E-state index contributed by atoms with van der Waals surface area (Å²) in [7, 11) is -4.15. The van der Waals surface area contributed by atoms with E-state index in [0.29, 0.717) is 12.8 Å². The largest absolute Gasteiger partial charge is 0.393 e. The third-order valence-corrected chi connectivity index (χ3v) is 11.0. The molecule has 0 saturated heterocycles. The molecular weight excluding hydrogens is 470 g/mol. The highest BCUT2D eigenvalue weighted by molar-refractivity contribution is 7.85. The van der Waals surface area contributed by atoms with Crippen molar-refractivity contribution in [1.82, 2.24) is 5.32 Å². The topological polar surface area (TPSA) is 144 Å². The van der Waals surface area contributed by atoms with Crippen molar-refractivity contribution < 1.29 is 38.6 Å². The fourth-order valence-corrected chi connectivity index (χ4v) is 8.77. The highest BCUT2D eigenvalue weighted by Gasteiger charge is 2.65. The van der Waals surface area contributed by atoms with Gasteiger partial charge in [0.2, 0.25) is 5.91 Å². The lowest BCUT2D eigenvalue weighted by Crippen LogP contribution is -2.62. The number of aliphatic hydroxyl groups is 3. The highest BCUT2D eigenvalue weighted by Crippen LogP contribution is 2.68. The van der Waals surface area contributed by atoms with Crippen LogP contribution >= 0.6 is 0 Å². The molecule has 35 heavy (non-hydrogen) atoms. The fourth-order valence-electron chi connectivity index (χ4n) is 8.41. The number of carbonyl (C=O) groups excluding carboxylic acids is 1. The van der Waals surface area contributed by atoms with E-state index < -0.39 is 63.7 Å². The van der Waals surface area contributed by atoms with Gasteiger partial charge in [0.25, 0.3) is 10.1 Å². The van der Waals surface area contributed by atoms with Gasteiger partial charge in [-0.2, -0.15) is 8.42 Å². The van der Waals surface area contributed by atoms with E-state index in [1.165, 1.54) is 0 Å². The molecule has 0 bridgehead atoms. The van der Waals surface area contributed by atoms with Gasteiger partial charge in [0.15, 0.2) is 0 Å². The minimum absolute atomic E-state index is 0.0259. The standard InChI is InChI=1S/C26H45NO7S/c1-15(4-7-23(31)27-10-11-35(32,33)34)18-5-6-19-24-20(14-22(30)26(18,19)3)25(2)9-8-17(28)12-16(25)13-21(24)29/h15-22,24,28-30H,4-14H2,1-3H3,(H,27,31)(H,32,33,34)/t15-,16?,17+,18?,19?,20?,21?,22+,24?,25+,26-/m1/s1/i8D2,12D2. The first kappa shape index (κ1) is 22.3. The maximum Gasteiger partial charge on any atom is 0.266 e. The highest BCUT2D eigenvalue weighted by atomic mass is 32.2. The Kier molecular flexibility index (Phi) is 6.27. The first-order valence-corrected chi connectivity index (χ1v) is 14.6. The van der Waals surface area contributed by atoms with Gasteiger partial charge in [-0.15, -0.1) is 0 Å². The number of hydrogen-bond donors (Lipinski definition) is 5. The maximum absolute atomic E-state index is 12.3. The molecule has 6 unspecified atom stereocenters. The van der Waals surface area contributed by atoms with E-state index in [0.717, 1.165) is 12.8 Å². The van der Waals surface area contributed by atoms with Crippen LogP contribution in [0.2, 0.25) is 0 Å². The van der Waals surface area contributed by atoms with E-state index in [4.69, 9.17) is 10.0 Å². The van der Waals surface area contributed by atoms with Crippen molar-refractivity contribution in [3.8, 4) is 0 Å². The lowest BCUT2D eigenvalue weighted by atomic mass is 9.43. The van der Waals surface area contributed by atoms with Crippen LogP contribution in [0.1, 0.15) is 83.9 Å². The number of rotatable bonds is 7. The third kappa shape index (κ3) is 5.05. The number of aliphatic hydroxyl groups excluding tert-OH is 3. The van der Waals surface area contributed by atoms with Gasteiger partial charge in [0, 0.05) is 18.4 Å². The molecule has 4 aliphatic rings. The Labute approximate surface area is 215 Å². The predicted octanol–water partition coefficient (Wildman–Crippen LogP) is 2.37. The summed E-state index contributed by atoms with van der Waals surface area (Å²) in [6, 6.07) is 0. The van der Waals surface area contributed by atoms with Crippen molar-refractivity contribution in [2.75, 3.05) is 12.3 Å². The van der Waals surface area contributed by atoms with Crippen molar-refractivity contribution in [3.05, 3.63) is 0 Å². The zero-order valence-electron chi connectivity index (χ0n) is 25.0. The number of hydrogen-bond acceptors (Lipinski definition) is 6. The van der Waals surface area contributed by atoms with Gasteiger partial charge < -0.3 is 20.6 Å². The molecule has 4 rings (SSSR count). The summed E-state index contributed by atoms with van der Waals surface area (Å²) in [6.45, 7) is 5.82. The van der Waals surface area contributed by atoms with Crippen molar-refractivity contribution >= 4 is 16.0 Å². The Balaban J connectivity index is 1.51. The minimum Gasteiger partial charge on any atom is -0.393 e. The molecular formula is C26H45NO7S. The molecule has 4 fully saturated rings. The van der Waals surface area contributed by atoms with Crippen LogP contribution in [-0.2, 0) is 14.9 Å². The molecule has 9 heteroatoms. The minimum atomic E-state index is -4.15. The molecule has 4 saturated carbocycles. The quantitative estimate of drug-likeness (QED) is 0.325. The first-order chi connectivity index (χ1) is 17.8. The van der Waals surface area contributed by atoms with Crippen molar-refractivity contribution in [2.45, 2.75) is 96.8 Å². The average molecular weight is 520 g/mol. The van der Waals surface area contributed by atoms with Crippen LogP contribution in [0.25, 0.3) is 0 Å². The van der Waals surface area contributed by atoms with Gasteiger partial charge >= 0.3 is 0 Å². The zero-order chi connectivity index (χ0) is 29.3. The molecule has 0 aromatic carbocycles. The Bertz CT molecular complexity index is 1060. The zero-order valence-corrected chi connectivity index (χ0v) is 21.8. The van der Waals surface area contributed by atoms with E-state index in [1.54, 1.807) is 0 Å². The summed E-state index contributed by atoms with van der Waals surface area (Å²) in [5, 5.41) is 36.2. The number of amides is 1. The molecule has 1 amide bonds. The second-order valence-corrected chi connectivity index (χ2v) is 13.6. The summed E-state index contributed by atoms with van der Waals surface area (Å²) < 4.78 is 64.7. The molecule has 8 nitrogen and oxygen atoms in total. The van der Waals surface area contributed by atoms with Gasteiger partial charge in [-0.05, 0) is 97.6 Å². The van der Waals surface area contributed by atoms with E-state index in [9.17, 15) is 28.5 Å². The van der Waals surface area contributed by atoms with Crippen molar-refractivity contribution in [1.29, 1.82) is 0 Å². The summed E-state index contributed by atoms with van der Waals surface area (Å²) in [5.41, 5.74) is -1.36. The van der Waals surface area contributed by atoms with Crippen LogP contribution in [0.3, 0.4) is 0 Å². The van der Waals surface area contributed by atoms with E-state index in [2.05, 4.69) is 12.2 Å². The fraction of sp³-hybridized carbons (Fsp3) is 0.962.